The van der Waals surface area contributed by atoms with E-state index in [2.05, 4.69) is 0 Å². The van der Waals surface area contributed by atoms with E-state index >= 15 is 0 Å². The van der Waals surface area contributed by atoms with E-state index in [-0.39, 0.29) is 17.5 Å². The van der Waals surface area contributed by atoms with Gasteiger partial charge in [-0.1, -0.05) is 12.1 Å². The molecule has 1 N–H and O–H groups in total. The van der Waals surface area contributed by atoms with Gasteiger partial charge in [-0.2, -0.15) is 13.2 Å². The first-order valence-corrected chi connectivity index (χ1v) is 6.10. The maximum atomic E-state index is 13.9. The van der Waals surface area contributed by atoms with Gasteiger partial charge < -0.3 is 5.32 Å². The van der Waals surface area contributed by atoms with Crippen molar-refractivity contribution in [2.75, 3.05) is 5.32 Å². The molecule has 0 saturated carbocycles. The number of amides is 1. The zero-order valence-electron chi connectivity index (χ0n) is 11.2. The van der Waals surface area contributed by atoms with Gasteiger partial charge >= 0.3 is 6.18 Å². The normalized spacial score (nSPS) is 11.1. The Morgan fingerprint density at radius 1 is 1.09 bits per heavy atom. The molecular formula is C14H8F4N2O3. The zero-order chi connectivity index (χ0) is 17.2. The highest BCUT2D eigenvalue weighted by Gasteiger charge is 2.30. The van der Waals surface area contributed by atoms with Crippen LogP contribution in [0.5, 0.6) is 0 Å². The van der Waals surface area contributed by atoms with Crippen LogP contribution in [0.25, 0.3) is 11.1 Å². The van der Waals surface area contributed by atoms with Crippen molar-refractivity contribution in [1.82, 2.24) is 0 Å². The Kier molecular flexibility index (Phi) is 4.30. The van der Waals surface area contributed by atoms with Gasteiger partial charge in [0.25, 0.3) is 5.69 Å². The van der Waals surface area contributed by atoms with E-state index < -0.39 is 33.9 Å². The molecule has 0 aromatic heterocycles. The molecule has 0 aliphatic carbocycles. The molecule has 0 radical (unpaired) electrons. The molecule has 0 aliphatic rings. The first-order valence-electron chi connectivity index (χ1n) is 6.10. The summed E-state index contributed by atoms with van der Waals surface area (Å²) in [6.07, 6.45) is -4.43. The number of anilines is 1. The van der Waals surface area contributed by atoms with Crippen LogP contribution in [0.4, 0.5) is 28.9 Å². The molecule has 9 heteroatoms. The van der Waals surface area contributed by atoms with Gasteiger partial charge in [-0.15, -0.1) is 0 Å². The summed E-state index contributed by atoms with van der Waals surface area (Å²) < 4.78 is 51.4. The van der Waals surface area contributed by atoms with Gasteiger partial charge in [0, 0.05) is 6.07 Å². The van der Waals surface area contributed by atoms with Gasteiger partial charge in [-0.3, -0.25) is 14.9 Å². The van der Waals surface area contributed by atoms with E-state index in [4.69, 9.17) is 0 Å². The Morgan fingerprint density at radius 2 is 1.70 bits per heavy atom. The van der Waals surface area contributed by atoms with Crippen LogP contribution in [0.15, 0.2) is 36.4 Å². The van der Waals surface area contributed by atoms with Crippen LogP contribution in [-0.4, -0.2) is 11.3 Å². The summed E-state index contributed by atoms with van der Waals surface area (Å²) in [7, 11) is 0. The topological polar surface area (TPSA) is 72.2 Å². The van der Waals surface area contributed by atoms with E-state index in [1.54, 1.807) is 0 Å². The molecule has 120 valence electrons. The highest BCUT2D eigenvalue weighted by atomic mass is 19.4. The highest BCUT2D eigenvalue weighted by molar-refractivity contribution is 5.81. The van der Waals surface area contributed by atoms with Crippen molar-refractivity contribution in [3.63, 3.8) is 0 Å². The molecule has 1 amide bonds. The number of hydrogen-bond donors (Lipinski definition) is 1. The average Bonchev–Trinajstić information content (AvgIpc) is 2.48. The molecule has 0 saturated heterocycles. The van der Waals surface area contributed by atoms with Crippen molar-refractivity contribution >= 4 is 17.8 Å². The molecule has 0 atom stereocenters. The number of rotatable bonds is 4. The van der Waals surface area contributed by atoms with Crippen LogP contribution in [-0.2, 0) is 11.0 Å². The first-order chi connectivity index (χ1) is 10.7. The zero-order valence-corrected chi connectivity index (χ0v) is 11.2. The van der Waals surface area contributed by atoms with Gasteiger partial charge in [0.2, 0.25) is 6.41 Å². The molecule has 0 unspecified atom stereocenters. The van der Waals surface area contributed by atoms with Gasteiger partial charge in [-0.05, 0) is 29.3 Å². The van der Waals surface area contributed by atoms with Crippen molar-refractivity contribution in [2.24, 2.45) is 0 Å². The molecule has 0 bridgehead atoms. The van der Waals surface area contributed by atoms with Gasteiger partial charge in [-0.25, -0.2) is 4.39 Å². The fourth-order valence-electron chi connectivity index (χ4n) is 1.96. The quantitative estimate of drug-likeness (QED) is 0.399. The molecular weight excluding hydrogens is 320 g/mol. The summed E-state index contributed by atoms with van der Waals surface area (Å²) in [5.41, 5.74) is -2.03. The number of nitro groups is 1. The smallest absolute Gasteiger partial charge is 0.321 e. The Hall–Kier alpha value is -2.97. The number of halogens is 4. The third kappa shape index (κ3) is 3.44. The van der Waals surface area contributed by atoms with Crippen LogP contribution in [0.2, 0.25) is 0 Å². The molecule has 0 fully saturated rings. The fraction of sp³-hybridized carbons (Fsp3) is 0.0714. The summed E-state index contributed by atoms with van der Waals surface area (Å²) in [6, 6.07) is 5.59. The van der Waals surface area contributed by atoms with Gasteiger partial charge in [0.15, 0.2) is 11.5 Å². The van der Waals surface area contributed by atoms with E-state index in [9.17, 15) is 32.5 Å². The minimum absolute atomic E-state index is 0.0133. The number of hydrogen-bond acceptors (Lipinski definition) is 3. The Morgan fingerprint density at radius 3 is 2.17 bits per heavy atom. The van der Waals surface area contributed by atoms with Crippen LogP contribution in [0.1, 0.15) is 5.56 Å². The minimum atomic E-state index is -4.52. The summed E-state index contributed by atoms with van der Waals surface area (Å²) in [5.74, 6) is -1.07. The van der Waals surface area contributed by atoms with Crippen molar-refractivity contribution in [3.8, 4) is 11.1 Å². The lowest BCUT2D eigenvalue weighted by Crippen LogP contribution is -2.04. The Labute approximate surface area is 126 Å². The first kappa shape index (κ1) is 16.4. The van der Waals surface area contributed by atoms with E-state index in [0.717, 1.165) is 36.4 Å². The SMILES string of the molecule is O=CNc1c(F)cc(-c2ccc(C(F)(F)F)cc2)cc1[N+](=O)[O-]. The summed E-state index contributed by atoms with van der Waals surface area (Å²) in [5, 5.41) is 12.8. The van der Waals surface area contributed by atoms with Crippen molar-refractivity contribution < 1.29 is 27.3 Å². The third-order valence-electron chi connectivity index (χ3n) is 3.01. The van der Waals surface area contributed by atoms with Crippen LogP contribution >= 0.6 is 0 Å². The summed E-state index contributed by atoms with van der Waals surface area (Å²) >= 11 is 0. The maximum absolute atomic E-state index is 13.9. The van der Waals surface area contributed by atoms with E-state index in [0.29, 0.717) is 0 Å². The Bertz CT molecular complexity index is 758. The Balaban J connectivity index is 2.52. The molecule has 0 aliphatic heterocycles. The number of alkyl halides is 3. The van der Waals surface area contributed by atoms with Crippen LogP contribution < -0.4 is 5.32 Å². The second kappa shape index (κ2) is 6.03. The van der Waals surface area contributed by atoms with Gasteiger partial charge in [0.1, 0.15) is 0 Å². The molecule has 0 spiro atoms. The molecule has 2 aromatic rings. The number of carbonyl (C=O) groups excluding carboxylic acids is 1. The maximum Gasteiger partial charge on any atom is 0.416 e. The van der Waals surface area contributed by atoms with Crippen LogP contribution in [0, 0.1) is 15.9 Å². The minimum Gasteiger partial charge on any atom is -0.321 e. The van der Waals surface area contributed by atoms with Gasteiger partial charge in [0.05, 0.1) is 10.5 Å². The average molecular weight is 328 g/mol. The summed E-state index contributed by atoms with van der Waals surface area (Å²) in [4.78, 5) is 20.4. The largest absolute Gasteiger partial charge is 0.416 e. The predicted octanol–water partition coefficient (Wildman–Crippen LogP) is 3.99. The van der Waals surface area contributed by atoms with E-state index in [1.807, 2.05) is 5.32 Å². The molecule has 5 nitrogen and oxygen atoms in total. The van der Waals surface area contributed by atoms with Crippen LogP contribution in [0.3, 0.4) is 0 Å². The van der Waals surface area contributed by atoms with Crippen molar-refractivity contribution in [2.45, 2.75) is 6.18 Å². The lowest BCUT2D eigenvalue weighted by molar-refractivity contribution is -0.384. The fourth-order valence-corrected chi connectivity index (χ4v) is 1.96. The number of carbonyl (C=O) groups is 1. The highest BCUT2D eigenvalue weighted by Crippen LogP contribution is 2.35. The second-order valence-electron chi connectivity index (χ2n) is 4.45. The lowest BCUT2D eigenvalue weighted by Gasteiger charge is -2.09. The molecule has 2 aromatic carbocycles. The van der Waals surface area contributed by atoms with Crippen molar-refractivity contribution in [1.29, 1.82) is 0 Å². The van der Waals surface area contributed by atoms with Crippen molar-refractivity contribution in [3.05, 3.63) is 57.9 Å². The number of benzene rings is 2. The monoisotopic (exact) mass is 328 g/mol. The molecule has 2 rings (SSSR count). The van der Waals surface area contributed by atoms with E-state index in [1.165, 1.54) is 0 Å². The third-order valence-corrected chi connectivity index (χ3v) is 3.01. The standard InChI is InChI=1S/C14H8F4N2O3/c15-11-5-9(6-12(20(22)23)13(11)19-7-21)8-1-3-10(4-2-8)14(16,17)18/h1-7H,(H,19,21). The second-order valence-corrected chi connectivity index (χ2v) is 4.45. The number of nitrogens with one attached hydrogen (secondary N) is 1. The number of nitro benzene ring substituents is 1. The number of nitrogens with zero attached hydrogens (tertiary/aromatic N) is 1. The lowest BCUT2D eigenvalue weighted by atomic mass is 10.0. The molecule has 0 heterocycles. The predicted molar refractivity (Wildman–Crippen MR) is 73.2 cm³/mol. The molecule has 23 heavy (non-hydrogen) atoms. The summed E-state index contributed by atoms with van der Waals surface area (Å²) in [6.45, 7) is 0.